The predicted molar refractivity (Wildman–Crippen MR) is 138 cm³/mol. The van der Waals surface area contributed by atoms with Gasteiger partial charge in [-0.3, -0.25) is 4.79 Å². The Labute approximate surface area is 205 Å². The molecule has 0 unspecified atom stereocenters. The fraction of sp³-hybridized carbons (Fsp3) is 0.267. The molecular formula is C30H30O5. The SMILES string of the molecule is CCOC(=O)CCCc1c(C)c2ccc(OCc3ccc(-c4ccccc4)cc3)c(C)c2oc1=O. The Morgan fingerprint density at radius 2 is 1.60 bits per heavy atom. The Bertz CT molecular complexity index is 1370. The Kier molecular flexibility index (Phi) is 7.66. The van der Waals surface area contributed by atoms with Crippen LogP contribution in [0.2, 0.25) is 0 Å². The second-order valence-corrected chi connectivity index (χ2v) is 8.57. The summed E-state index contributed by atoms with van der Waals surface area (Å²) in [7, 11) is 0. The third-order valence-corrected chi connectivity index (χ3v) is 6.22. The maximum Gasteiger partial charge on any atom is 0.339 e. The first-order chi connectivity index (χ1) is 17.0. The fourth-order valence-electron chi connectivity index (χ4n) is 4.24. The smallest absolute Gasteiger partial charge is 0.339 e. The minimum absolute atomic E-state index is 0.248. The number of benzene rings is 3. The molecule has 1 heterocycles. The second kappa shape index (κ2) is 11.0. The number of hydrogen-bond acceptors (Lipinski definition) is 5. The maximum atomic E-state index is 12.7. The Balaban J connectivity index is 1.48. The highest BCUT2D eigenvalue weighted by atomic mass is 16.5. The number of carbonyl (C=O) groups is 1. The molecule has 5 heteroatoms. The van der Waals surface area contributed by atoms with E-state index in [9.17, 15) is 9.59 Å². The van der Waals surface area contributed by atoms with E-state index in [0.717, 1.165) is 27.6 Å². The van der Waals surface area contributed by atoms with Crippen LogP contribution < -0.4 is 10.4 Å². The number of aryl methyl sites for hydroxylation is 2. The third-order valence-electron chi connectivity index (χ3n) is 6.22. The summed E-state index contributed by atoms with van der Waals surface area (Å²) < 4.78 is 16.8. The van der Waals surface area contributed by atoms with Crippen LogP contribution in [0.5, 0.6) is 5.75 Å². The molecule has 0 aliphatic carbocycles. The van der Waals surface area contributed by atoms with Crippen LogP contribution in [-0.2, 0) is 22.6 Å². The summed E-state index contributed by atoms with van der Waals surface area (Å²) in [6, 6.07) is 22.4. The van der Waals surface area contributed by atoms with Gasteiger partial charge in [0.25, 0.3) is 0 Å². The van der Waals surface area contributed by atoms with Crippen molar-refractivity contribution in [3.8, 4) is 16.9 Å². The van der Waals surface area contributed by atoms with Gasteiger partial charge in [0.1, 0.15) is 17.9 Å². The van der Waals surface area contributed by atoms with Crippen molar-refractivity contribution in [1.82, 2.24) is 0 Å². The molecule has 0 spiro atoms. The molecular weight excluding hydrogens is 440 g/mol. The monoisotopic (exact) mass is 470 g/mol. The summed E-state index contributed by atoms with van der Waals surface area (Å²) >= 11 is 0. The molecule has 0 saturated heterocycles. The highest BCUT2D eigenvalue weighted by Gasteiger charge is 2.16. The van der Waals surface area contributed by atoms with E-state index in [1.54, 1.807) is 6.92 Å². The molecule has 0 amide bonds. The summed E-state index contributed by atoms with van der Waals surface area (Å²) in [5.41, 5.74) is 5.84. The largest absolute Gasteiger partial charge is 0.488 e. The average molecular weight is 471 g/mol. The van der Waals surface area contributed by atoms with Crippen LogP contribution in [0, 0.1) is 13.8 Å². The summed E-state index contributed by atoms with van der Waals surface area (Å²) in [6.07, 6.45) is 1.29. The van der Waals surface area contributed by atoms with E-state index >= 15 is 0 Å². The van der Waals surface area contributed by atoms with Crippen molar-refractivity contribution in [2.24, 2.45) is 0 Å². The highest BCUT2D eigenvalue weighted by Crippen LogP contribution is 2.30. The lowest BCUT2D eigenvalue weighted by Crippen LogP contribution is -2.12. The van der Waals surface area contributed by atoms with Gasteiger partial charge >= 0.3 is 11.6 Å². The van der Waals surface area contributed by atoms with Gasteiger partial charge in [-0.05, 0) is 68.0 Å². The van der Waals surface area contributed by atoms with Crippen molar-refractivity contribution in [2.45, 2.75) is 46.6 Å². The average Bonchev–Trinajstić information content (AvgIpc) is 2.87. The van der Waals surface area contributed by atoms with Crippen LogP contribution in [-0.4, -0.2) is 12.6 Å². The van der Waals surface area contributed by atoms with Crippen LogP contribution in [0.3, 0.4) is 0 Å². The van der Waals surface area contributed by atoms with Crippen LogP contribution in [0.15, 0.2) is 75.9 Å². The first kappa shape index (κ1) is 24.3. The number of hydrogen-bond donors (Lipinski definition) is 0. The zero-order valence-electron chi connectivity index (χ0n) is 20.4. The second-order valence-electron chi connectivity index (χ2n) is 8.57. The number of rotatable bonds is 9. The van der Waals surface area contributed by atoms with Crippen LogP contribution >= 0.6 is 0 Å². The van der Waals surface area contributed by atoms with Crippen molar-refractivity contribution >= 4 is 16.9 Å². The van der Waals surface area contributed by atoms with Crippen LogP contribution in [0.25, 0.3) is 22.1 Å². The molecule has 0 aliphatic rings. The lowest BCUT2D eigenvalue weighted by atomic mass is 10.00. The number of esters is 1. The van der Waals surface area contributed by atoms with Gasteiger partial charge in [0.2, 0.25) is 0 Å². The standard InChI is InChI=1S/C30H30O5/c1-4-33-28(31)12-8-11-26-20(2)25-17-18-27(21(3)29(25)35-30(26)32)34-19-22-13-15-24(16-14-22)23-9-6-5-7-10-23/h5-7,9-10,13-18H,4,8,11-12,19H2,1-3H3. The molecule has 180 valence electrons. The van der Waals surface area contributed by atoms with E-state index in [2.05, 4.69) is 36.4 Å². The maximum absolute atomic E-state index is 12.7. The lowest BCUT2D eigenvalue weighted by Gasteiger charge is -2.13. The van der Waals surface area contributed by atoms with Gasteiger partial charge in [-0.1, -0.05) is 54.6 Å². The quantitative estimate of drug-likeness (QED) is 0.205. The zero-order chi connectivity index (χ0) is 24.8. The number of ether oxygens (including phenoxy) is 2. The first-order valence-corrected chi connectivity index (χ1v) is 12.0. The molecule has 0 N–H and O–H groups in total. The summed E-state index contributed by atoms with van der Waals surface area (Å²) in [4.78, 5) is 24.3. The van der Waals surface area contributed by atoms with Crippen LogP contribution in [0.1, 0.15) is 42.0 Å². The van der Waals surface area contributed by atoms with E-state index < -0.39 is 0 Å². The molecule has 1 aromatic heterocycles. The summed E-state index contributed by atoms with van der Waals surface area (Å²) in [5, 5.41) is 0.882. The van der Waals surface area contributed by atoms with Gasteiger partial charge in [-0.25, -0.2) is 4.79 Å². The van der Waals surface area contributed by atoms with Gasteiger partial charge in [-0.15, -0.1) is 0 Å². The molecule has 4 rings (SSSR count). The Morgan fingerprint density at radius 1 is 0.886 bits per heavy atom. The third kappa shape index (κ3) is 5.62. The van der Waals surface area contributed by atoms with E-state index in [1.807, 2.05) is 44.2 Å². The summed E-state index contributed by atoms with van der Waals surface area (Å²) in [5.74, 6) is 0.435. The predicted octanol–water partition coefficient (Wildman–Crippen LogP) is 6.54. The van der Waals surface area contributed by atoms with E-state index in [4.69, 9.17) is 13.9 Å². The van der Waals surface area contributed by atoms with Crippen LogP contribution in [0.4, 0.5) is 0 Å². The highest BCUT2D eigenvalue weighted by molar-refractivity contribution is 5.85. The number of carbonyl (C=O) groups excluding carboxylic acids is 1. The molecule has 0 aliphatic heterocycles. The lowest BCUT2D eigenvalue weighted by molar-refractivity contribution is -0.143. The van der Waals surface area contributed by atoms with Gasteiger partial charge in [-0.2, -0.15) is 0 Å². The van der Waals surface area contributed by atoms with Gasteiger partial charge in [0.15, 0.2) is 0 Å². The van der Waals surface area contributed by atoms with Crippen molar-refractivity contribution in [3.05, 3.63) is 99.4 Å². The van der Waals surface area contributed by atoms with E-state index in [0.29, 0.717) is 43.0 Å². The molecule has 0 fully saturated rings. The van der Waals surface area contributed by atoms with Gasteiger partial charge < -0.3 is 13.9 Å². The molecule has 0 radical (unpaired) electrons. The minimum atomic E-state index is -0.365. The molecule has 3 aromatic carbocycles. The fourth-order valence-corrected chi connectivity index (χ4v) is 4.24. The van der Waals surface area contributed by atoms with E-state index in [-0.39, 0.29) is 18.0 Å². The Morgan fingerprint density at radius 3 is 2.31 bits per heavy atom. The van der Waals surface area contributed by atoms with Crippen molar-refractivity contribution in [2.75, 3.05) is 6.61 Å². The summed E-state index contributed by atoms with van der Waals surface area (Å²) in [6.45, 7) is 6.38. The molecule has 5 nitrogen and oxygen atoms in total. The topological polar surface area (TPSA) is 65.7 Å². The van der Waals surface area contributed by atoms with Crippen molar-refractivity contribution in [1.29, 1.82) is 0 Å². The molecule has 35 heavy (non-hydrogen) atoms. The first-order valence-electron chi connectivity index (χ1n) is 12.0. The van der Waals surface area contributed by atoms with Gasteiger partial charge in [0.05, 0.1) is 6.61 Å². The van der Waals surface area contributed by atoms with Crippen molar-refractivity contribution < 1.29 is 18.7 Å². The van der Waals surface area contributed by atoms with Gasteiger partial charge in [0, 0.05) is 22.9 Å². The zero-order valence-corrected chi connectivity index (χ0v) is 20.4. The molecule has 0 saturated carbocycles. The normalized spacial score (nSPS) is 10.9. The molecule has 0 atom stereocenters. The van der Waals surface area contributed by atoms with Crippen molar-refractivity contribution in [3.63, 3.8) is 0 Å². The van der Waals surface area contributed by atoms with E-state index in [1.165, 1.54) is 5.56 Å². The minimum Gasteiger partial charge on any atom is -0.488 e. The molecule has 0 bridgehead atoms. The number of fused-ring (bicyclic) bond motifs is 1. The molecule has 4 aromatic rings. The Hall–Kier alpha value is -3.86.